The monoisotopic (exact) mass is 379 g/mol. The van der Waals surface area contributed by atoms with E-state index in [9.17, 15) is 9.59 Å². The maximum absolute atomic E-state index is 12.7. The van der Waals surface area contributed by atoms with Crippen molar-refractivity contribution in [3.05, 3.63) is 59.7 Å². The van der Waals surface area contributed by atoms with Gasteiger partial charge < -0.3 is 15.7 Å². The van der Waals surface area contributed by atoms with E-state index in [2.05, 4.69) is 4.99 Å². The Balaban J connectivity index is 1.64. The average Bonchev–Trinajstić information content (AvgIpc) is 2.73. The predicted octanol–water partition coefficient (Wildman–Crippen LogP) is 3.02. The third kappa shape index (κ3) is 4.57. The van der Waals surface area contributed by atoms with Crippen molar-refractivity contribution in [1.82, 2.24) is 4.90 Å². The summed E-state index contributed by atoms with van der Waals surface area (Å²) in [7, 11) is 1.66. The van der Waals surface area contributed by atoms with Crippen LogP contribution in [0.25, 0.3) is 11.1 Å². The lowest BCUT2D eigenvalue weighted by Crippen LogP contribution is -2.38. The predicted molar refractivity (Wildman–Crippen MR) is 109 cm³/mol. The molecule has 2 aromatic rings. The molecule has 1 aliphatic rings. The number of benzene rings is 2. The van der Waals surface area contributed by atoms with E-state index in [1.807, 2.05) is 53.4 Å². The summed E-state index contributed by atoms with van der Waals surface area (Å²) in [6.45, 7) is 1.22. The SMILES string of the molecule is CN=C(N)c1ccc(-c2ccc(C(=O)N3CCC(CC(=O)O)CC3)cc2)cc1. The molecule has 2 aromatic carbocycles. The average molecular weight is 379 g/mol. The van der Waals surface area contributed by atoms with Gasteiger partial charge in [-0.3, -0.25) is 14.6 Å². The lowest BCUT2D eigenvalue weighted by atomic mass is 9.93. The van der Waals surface area contributed by atoms with E-state index in [1.54, 1.807) is 7.05 Å². The number of nitrogens with two attached hydrogens (primary N) is 1. The fourth-order valence-corrected chi connectivity index (χ4v) is 3.54. The largest absolute Gasteiger partial charge is 0.481 e. The van der Waals surface area contributed by atoms with Gasteiger partial charge in [-0.15, -0.1) is 0 Å². The van der Waals surface area contributed by atoms with Crippen molar-refractivity contribution in [1.29, 1.82) is 0 Å². The Bertz CT molecular complexity index is 865. The van der Waals surface area contributed by atoms with E-state index in [0.717, 1.165) is 29.5 Å². The first kappa shape index (κ1) is 19.6. The smallest absolute Gasteiger partial charge is 0.303 e. The van der Waals surface area contributed by atoms with Crippen LogP contribution in [0.15, 0.2) is 53.5 Å². The summed E-state index contributed by atoms with van der Waals surface area (Å²) < 4.78 is 0. The van der Waals surface area contributed by atoms with Gasteiger partial charge in [0.1, 0.15) is 5.84 Å². The van der Waals surface area contributed by atoms with Gasteiger partial charge in [-0.05, 0) is 42.0 Å². The van der Waals surface area contributed by atoms with Crippen LogP contribution in [0.1, 0.15) is 35.2 Å². The first-order chi connectivity index (χ1) is 13.5. The molecule has 0 bridgehead atoms. The van der Waals surface area contributed by atoms with Gasteiger partial charge in [0.2, 0.25) is 0 Å². The molecular formula is C22H25N3O3. The normalized spacial score (nSPS) is 15.5. The molecule has 3 rings (SSSR count). The van der Waals surface area contributed by atoms with Crippen molar-refractivity contribution in [2.75, 3.05) is 20.1 Å². The molecular weight excluding hydrogens is 354 g/mol. The highest BCUT2D eigenvalue weighted by Gasteiger charge is 2.24. The molecule has 0 radical (unpaired) electrons. The summed E-state index contributed by atoms with van der Waals surface area (Å²) in [5.74, 6) is -0.0982. The van der Waals surface area contributed by atoms with Crippen molar-refractivity contribution < 1.29 is 14.7 Å². The van der Waals surface area contributed by atoms with Gasteiger partial charge in [-0.25, -0.2) is 0 Å². The molecule has 0 spiro atoms. The van der Waals surface area contributed by atoms with Crippen LogP contribution in [0.5, 0.6) is 0 Å². The van der Waals surface area contributed by atoms with Crippen molar-refractivity contribution in [3.8, 4) is 11.1 Å². The zero-order chi connectivity index (χ0) is 20.1. The summed E-state index contributed by atoms with van der Waals surface area (Å²) in [4.78, 5) is 29.3. The molecule has 1 saturated heterocycles. The molecule has 0 saturated carbocycles. The highest BCUT2D eigenvalue weighted by molar-refractivity contribution is 5.98. The lowest BCUT2D eigenvalue weighted by molar-refractivity contribution is -0.138. The second-order valence-electron chi connectivity index (χ2n) is 7.10. The van der Waals surface area contributed by atoms with Crippen LogP contribution in [0.3, 0.4) is 0 Å². The topological polar surface area (TPSA) is 96.0 Å². The van der Waals surface area contributed by atoms with Crippen LogP contribution in [0.2, 0.25) is 0 Å². The highest BCUT2D eigenvalue weighted by Crippen LogP contribution is 2.24. The lowest BCUT2D eigenvalue weighted by Gasteiger charge is -2.31. The number of likely N-dealkylation sites (tertiary alicyclic amines) is 1. The molecule has 0 unspecified atom stereocenters. The first-order valence-electron chi connectivity index (χ1n) is 9.42. The number of carboxylic acids is 1. The Kier molecular flexibility index (Phi) is 6.09. The highest BCUT2D eigenvalue weighted by atomic mass is 16.4. The van der Waals surface area contributed by atoms with Gasteiger partial charge in [-0.1, -0.05) is 36.4 Å². The number of nitrogens with zero attached hydrogens (tertiary/aromatic N) is 2. The van der Waals surface area contributed by atoms with E-state index < -0.39 is 5.97 Å². The number of amides is 1. The number of hydrogen-bond acceptors (Lipinski definition) is 3. The molecule has 1 amide bonds. The minimum absolute atomic E-state index is 0.00241. The molecule has 0 aromatic heterocycles. The summed E-state index contributed by atoms with van der Waals surface area (Å²) in [6.07, 6.45) is 1.67. The number of aliphatic imine (C=N–C) groups is 1. The van der Waals surface area contributed by atoms with Gasteiger partial charge in [0.25, 0.3) is 5.91 Å². The molecule has 6 nitrogen and oxygen atoms in total. The molecule has 1 heterocycles. The van der Waals surface area contributed by atoms with Crippen molar-refractivity contribution >= 4 is 17.7 Å². The minimum atomic E-state index is -0.766. The fraction of sp³-hybridized carbons (Fsp3) is 0.318. The van der Waals surface area contributed by atoms with E-state index >= 15 is 0 Å². The van der Waals surface area contributed by atoms with Crippen LogP contribution in [0, 0.1) is 5.92 Å². The molecule has 0 atom stereocenters. The van der Waals surface area contributed by atoms with Crippen LogP contribution < -0.4 is 5.73 Å². The summed E-state index contributed by atoms with van der Waals surface area (Å²) in [5.41, 5.74) is 9.42. The Morgan fingerprint density at radius 3 is 1.96 bits per heavy atom. The van der Waals surface area contributed by atoms with E-state index in [4.69, 9.17) is 10.8 Å². The molecule has 28 heavy (non-hydrogen) atoms. The second kappa shape index (κ2) is 8.69. The van der Waals surface area contributed by atoms with Gasteiger partial charge in [0.15, 0.2) is 0 Å². The zero-order valence-electron chi connectivity index (χ0n) is 16.0. The van der Waals surface area contributed by atoms with E-state index in [1.165, 1.54) is 0 Å². The number of carbonyl (C=O) groups excluding carboxylic acids is 1. The number of amidine groups is 1. The number of aliphatic carboxylic acids is 1. The Hall–Kier alpha value is -3.15. The molecule has 146 valence electrons. The quantitative estimate of drug-likeness (QED) is 0.616. The van der Waals surface area contributed by atoms with Gasteiger partial charge in [0, 0.05) is 37.7 Å². The van der Waals surface area contributed by atoms with Crippen molar-refractivity contribution in [2.45, 2.75) is 19.3 Å². The summed E-state index contributed by atoms with van der Waals surface area (Å²) in [6, 6.07) is 15.4. The Labute approximate surface area is 164 Å². The Morgan fingerprint density at radius 1 is 1.00 bits per heavy atom. The number of rotatable bonds is 5. The fourth-order valence-electron chi connectivity index (χ4n) is 3.54. The number of carboxylic acid groups (broad SMARTS) is 1. The van der Waals surface area contributed by atoms with Crippen LogP contribution >= 0.6 is 0 Å². The third-order valence-electron chi connectivity index (χ3n) is 5.25. The van der Waals surface area contributed by atoms with Gasteiger partial charge in [-0.2, -0.15) is 0 Å². The zero-order valence-corrected chi connectivity index (χ0v) is 16.0. The maximum atomic E-state index is 12.7. The Morgan fingerprint density at radius 2 is 1.50 bits per heavy atom. The second-order valence-corrected chi connectivity index (χ2v) is 7.10. The van der Waals surface area contributed by atoms with Crippen LogP contribution in [0.4, 0.5) is 0 Å². The standard InChI is InChI=1S/C22H25N3O3/c1-24-21(23)18-6-2-16(3-7-18)17-4-8-19(9-5-17)22(28)25-12-10-15(11-13-25)14-20(26)27/h2-9,15H,10-14H2,1H3,(H2,23,24)(H,26,27). The summed E-state index contributed by atoms with van der Waals surface area (Å²) >= 11 is 0. The molecule has 1 aliphatic heterocycles. The molecule has 3 N–H and O–H groups in total. The number of carbonyl (C=O) groups is 2. The van der Waals surface area contributed by atoms with E-state index in [-0.39, 0.29) is 18.2 Å². The maximum Gasteiger partial charge on any atom is 0.303 e. The van der Waals surface area contributed by atoms with Crippen molar-refractivity contribution in [3.63, 3.8) is 0 Å². The van der Waals surface area contributed by atoms with Crippen LogP contribution in [-0.4, -0.2) is 47.9 Å². The van der Waals surface area contributed by atoms with Crippen molar-refractivity contribution in [2.24, 2.45) is 16.6 Å². The third-order valence-corrected chi connectivity index (χ3v) is 5.25. The molecule has 1 fully saturated rings. The van der Waals surface area contributed by atoms with Gasteiger partial charge >= 0.3 is 5.97 Å². The number of piperidine rings is 1. The van der Waals surface area contributed by atoms with E-state index in [0.29, 0.717) is 24.5 Å². The molecule has 6 heteroatoms. The first-order valence-corrected chi connectivity index (χ1v) is 9.42. The number of hydrogen-bond donors (Lipinski definition) is 2. The van der Waals surface area contributed by atoms with Crippen LogP contribution in [-0.2, 0) is 4.79 Å². The van der Waals surface area contributed by atoms with Gasteiger partial charge in [0.05, 0.1) is 0 Å². The minimum Gasteiger partial charge on any atom is -0.481 e. The summed E-state index contributed by atoms with van der Waals surface area (Å²) in [5, 5.41) is 8.90. The molecule has 0 aliphatic carbocycles.